The Balaban J connectivity index is 2.10. The fraction of sp³-hybridized carbons (Fsp3) is 0.500. The highest BCUT2D eigenvalue weighted by molar-refractivity contribution is 6.30. The summed E-state index contributed by atoms with van der Waals surface area (Å²) in [7, 11) is 0. The molecule has 1 unspecified atom stereocenters. The second-order valence-corrected chi connectivity index (χ2v) is 5.34. The Morgan fingerprint density at radius 1 is 1.58 bits per heavy atom. The number of halogens is 1. The molecule has 4 nitrogen and oxygen atoms in total. The zero-order valence-corrected chi connectivity index (χ0v) is 11.8. The van der Waals surface area contributed by atoms with E-state index in [0.717, 1.165) is 5.56 Å². The molecular weight excluding hydrogens is 264 g/mol. The van der Waals surface area contributed by atoms with Crippen LogP contribution in [0.5, 0.6) is 0 Å². The van der Waals surface area contributed by atoms with Gasteiger partial charge in [0.1, 0.15) is 5.54 Å². The molecule has 0 aliphatic carbocycles. The lowest BCUT2D eigenvalue weighted by Gasteiger charge is -2.29. The van der Waals surface area contributed by atoms with Gasteiger partial charge in [-0.25, -0.2) is 0 Å². The van der Waals surface area contributed by atoms with E-state index in [2.05, 4.69) is 0 Å². The van der Waals surface area contributed by atoms with Crippen molar-refractivity contribution in [2.24, 2.45) is 5.73 Å². The molecule has 1 amide bonds. The van der Waals surface area contributed by atoms with Crippen molar-refractivity contribution < 1.29 is 9.53 Å². The zero-order chi connectivity index (χ0) is 13.9. The average molecular weight is 283 g/mol. The summed E-state index contributed by atoms with van der Waals surface area (Å²) in [5.74, 6) is -0.0486. The van der Waals surface area contributed by atoms with Crippen molar-refractivity contribution in [3.05, 3.63) is 34.9 Å². The fourth-order valence-corrected chi connectivity index (χ4v) is 2.46. The van der Waals surface area contributed by atoms with Gasteiger partial charge < -0.3 is 15.4 Å². The van der Waals surface area contributed by atoms with Crippen LogP contribution in [0.4, 0.5) is 0 Å². The summed E-state index contributed by atoms with van der Waals surface area (Å²) in [5, 5.41) is 0.674. The Morgan fingerprint density at radius 2 is 2.37 bits per heavy atom. The molecule has 1 saturated heterocycles. The summed E-state index contributed by atoms with van der Waals surface area (Å²) in [6, 6.07) is 7.52. The van der Waals surface area contributed by atoms with Crippen LogP contribution in [0.1, 0.15) is 18.9 Å². The third-order valence-electron chi connectivity index (χ3n) is 3.41. The van der Waals surface area contributed by atoms with Crippen LogP contribution >= 0.6 is 11.6 Å². The number of nitrogens with two attached hydrogens (primary N) is 1. The standard InChI is InChI=1S/C14H19ClN2O2/c1-2-17(9-11-4-3-5-12(15)8-11)13(18)14(16)6-7-19-10-14/h3-5,8H,2,6-7,9-10,16H2,1H3. The van der Waals surface area contributed by atoms with E-state index in [0.29, 0.717) is 37.7 Å². The van der Waals surface area contributed by atoms with Crippen LogP contribution in [-0.2, 0) is 16.1 Å². The molecule has 0 saturated carbocycles. The first-order valence-corrected chi connectivity index (χ1v) is 6.83. The number of carbonyl (C=O) groups is 1. The number of hydrogen-bond acceptors (Lipinski definition) is 3. The maximum absolute atomic E-state index is 12.5. The fourth-order valence-electron chi connectivity index (χ4n) is 2.25. The highest BCUT2D eigenvalue weighted by Crippen LogP contribution is 2.20. The maximum atomic E-state index is 12.5. The first-order valence-electron chi connectivity index (χ1n) is 6.45. The quantitative estimate of drug-likeness (QED) is 0.916. The number of amides is 1. The van der Waals surface area contributed by atoms with Gasteiger partial charge in [0.15, 0.2) is 0 Å². The first kappa shape index (κ1) is 14.3. The van der Waals surface area contributed by atoms with E-state index >= 15 is 0 Å². The molecule has 0 bridgehead atoms. The first-order chi connectivity index (χ1) is 9.05. The maximum Gasteiger partial charge on any atom is 0.245 e. The highest BCUT2D eigenvalue weighted by atomic mass is 35.5. The predicted octanol–water partition coefficient (Wildman–Crippen LogP) is 1.81. The number of likely N-dealkylation sites (N-methyl/N-ethyl adjacent to an activating group) is 1. The molecule has 1 aromatic carbocycles. The summed E-state index contributed by atoms with van der Waals surface area (Å²) >= 11 is 5.96. The Bertz CT molecular complexity index is 459. The molecular formula is C14H19ClN2O2. The molecule has 1 aliphatic heterocycles. The van der Waals surface area contributed by atoms with E-state index in [4.69, 9.17) is 22.1 Å². The normalized spacial score (nSPS) is 22.5. The SMILES string of the molecule is CCN(Cc1cccc(Cl)c1)C(=O)C1(N)CCOC1. The summed E-state index contributed by atoms with van der Waals surface area (Å²) in [4.78, 5) is 14.2. The zero-order valence-electron chi connectivity index (χ0n) is 11.1. The molecule has 104 valence electrons. The van der Waals surface area contributed by atoms with E-state index in [9.17, 15) is 4.79 Å². The Kier molecular flexibility index (Phi) is 4.45. The minimum absolute atomic E-state index is 0.0486. The van der Waals surface area contributed by atoms with E-state index in [1.54, 1.807) is 4.90 Å². The monoisotopic (exact) mass is 282 g/mol. The Labute approximate surface area is 118 Å². The number of nitrogens with zero attached hydrogens (tertiary/aromatic N) is 1. The largest absolute Gasteiger partial charge is 0.379 e. The molecule has 1 aliphatic rings. The van der Waals surface area contributed by atoms with Crippen molar-refractivity contribution in [2.45, 2.75) is 25.4 Å². The molecule has 19 heavy (non-hydrogen) atoms. The third-order valence-corrected chi connectivity index (χ3v) is 3.64. The minimum Gasteiger partial charge on any atom is -0.379 e. The smallest absolute Gasteiger partial charge is 0.245 e. The van der Waals surface area contributed by atoms with Crippen LogP contribution < -0.4 is 5.73 Å². The second kappa shape index (κ2) is 5.90. The molecule has 5 heteroatoms. The van der Waals surface area contributed by atoms with Crippen molar-refractivity contribution in [2.75, 3.05) is 19.8 Å². The lowest BCUT2D eigenvalue weighted by Crippen LogP contribution is -2.55. The van der Waals surface area contributed by atoms with Gasteiger partial charge in [-0.3, -0.25) is 4.79 Å². The van der Waals surface area contributed by atoms with Crippen LogP contribution in [0.25, 0.3) is 0 Å². The number of rotatable bonds is 4. The molecule has 0 radical (unpaired) electrons. The summed E-state index contributed by atoms with van der Waals surface area (Å²) < 4.78 is 5.25. The number of ether oxygens (including phenoxy) is 1. The van der Waals surface area contributed by atoms with E-state index in [1.807, 2.05) is 31.2 Å². The van der Waals surface area contributed by atoms with Crippen LogP contribution in [0, 0.1) is 0 Å². The van der Waals surface area contributed by atoms with Gasteiger partial charge in [-0.1, -0.05) is 23.7 Å². The lowest BCUT2D eigenvalue weighted by atomic mass is 9.98. The number of carbonyl (C=O) groups excluding carboxylic acids is 1. The second-order valence-electron chi connectivity index (χ2n) is 4.91. The van der Waals surface area contributed by atoms with Gasteiger partial charge in [-0.15, -0.1) is 0 Å². The summed E-state index contributed by atoms with van der Waals surface area (Å²) in [5.41, 5.74) is 6.26. The molecule has 1 aromatic rings. The average Bonchev–Trinajstić information content (AvgIpc) is 2.83. The van der Waals surface area contributed by atoms with Gasteiger partial charge in [0.2, 0.25) is 5.91 Å². The van der Waals surface area contributed by atoms with E-state index in [1.165, 1.54) is 0 Å². The Hall–Kier alpha value is -1.10. The van der Waals surface area contributed by atoms with E-state index < -0.39 is 5.54 Å². The van der Waals surface area contributed by atoms with Gasteiger partial charge in [-0.2, -0.15) is 0 Å². The van der Waals surface area contributed by atoms with E-state index in [-0.39, 0.29) is 5.91 Å². The minimum atomic E-state index is -0.866. The van der Waals surface area contributed by atoms with Crippen molar-refractivity contribution in [3.63, 3.8) is 0 Å². The third kappa shape index (κ3) is 3.26. The van der Waals surface area contributed by atoms with Gasteiger partial charge >= 0.3 is 0 Å². The summed E-state index contributed by atoms with van der Waals surface area (Å²) in [6.07, 6.45) is 0.581. The lowest BCUT2D eigenvalue weighted by molar-refractivity contribution is -0.137. The van der Waals surface area contributed by atoms with Crippen molar-refractivity contribution in [3.8, 4) is 0 Å². The predicted molar refractivity (Wildman–Crippen MR) is 74.9 cm³/mol. The molecule has 1 heterocycles. The molecule has 2 N–H and O–H groups in total. The molecule has 1 atom stereocenters. The number of benzene rings is 1. The topological polar surface area (TPSA) is 55.6 Å². The van der Waals surface area contributed by atoms with Crippen molar-refractivity contribution in [1.29, 1.82) is 0 Å². The van der Waals surface area contributed by atoms with Gasteiger partial charge in [0, 0.05) is 24.7 Å². The van der Waals surface area contributed by atoms with Crippen LogP contribution in [0.2, 0.25) is 5.02 Å². The van der Waals surface area contributed by atoms with Crippen LogP contribution in [-0.4, -0.2) is 36.1 Å². The molecule has 2 rings (SSSR count). The van der Waals surface area contributed by atoms with Crippen LogP contribution in [0.3, 0.4) is 0 Å². The summed E-state index contributed by atoms with van der Waals surface area (Å²) in [6.45, 7) is 3.94. The van der Waals surface area contributed by atoms with Crippen molar-refractivity contribution in [1.82, 2.24) is 4.90 Å². The molecule has 0 aromatic heterocycles. The molecule has 0 spiro atoms. The van der Waals surface area contributed by atoms with Gasteiger partial charge in [-0.05, 0) is 31.0 Å². The molecule has 1 fully saturated rings. The van der Waals surface area contributed by atoms with Crippen molar-refractivity contribution >= 4 is 17.5 Å². The number of hydrogen-bond donors (Lipinski definition) is 1. The van der Waals surface area contributed by atoms with Gasteiger partial charge in [0.05, 0.1) is 6.61 Å². The highest BCUT2D eigenvalue weighted by Gasteiger charge is 2.40. The van der Waals surface area contributed by atoms with Crippen LogP contribution in [0.15, 0.2) is 24.3 Å². The Morgan fingerprint density at radius 3 is 2.95 bits per heavy atom. The van der Waals surface area contributed by atoms with Gasteiger partial charge in [0.25, 0.3) is 0 Å².